The van der Waals surface area contributed by atoms with Gasteiger partial charge in [-0.3, -0.25) is 0 Å². The highest BCUT2D eigenvalue weighted by molar-refractivity contribution is 6.23. The number of hydrogen-bond acceptors (Lipinski definition) is 0. The van der Waals surface area contributed by atoms with Crippen LogP contribution < -0.4 is 0 Å². The molecule has 5 aromatic rings. The molecule has 0 radical (unpaired) electrons. The molecule has 118 valence electrons. The molecule has 0 atom stereocenters. The van der Waals surface area contributed by atoms with Gasteiger partial charge in [-0.1, -0.05) is 44.5 Å². The average molecular weight is 311 g/mol. The zero-order valence-electron chi connectivity index (χ0n) is 14.3. The molecule has 0 saturated heterocycles. The van der Waals surface area contributed by atoms with Gasteiger partial charge in [0.1, 0.15) is 0 Å². The molecular weight excluding hydrogens is 290 g/mol. The highest BCUT2D eigenvalue weighted by Gasteiger charge is 2.17. The second-order valence-corrected chi connectivity index (χ2v) is 6.85. The molecule has 24 heavy (non-hydrogen) atoms. The van der Waals surface area contributed by atoms with Gasteiger partial charge >= 0.3 is 0 Å². The third-order valence-corrected chi connectivity index (χ3v) is 5.37. The lowest BCUT2D eigenvalue weighted by Crippen LogP contribution is -1.83. The molecule has 5 rings (SSSR count). The molecule has 0 amide bonds. The summed E-state index contributed by atoms with van der Waals surface area (Å²) in [7, 11) is 0. The monoisotopic (exact) mass is 311 g/mol. The van der Waals surface area contributed by atoms with Gasteiger partial charge in [-0.15, -0.1) is 0 Å². The molecule has 0 aliphatic heterocycles. The van der Waals surface area contributed by atoms with Crippen LogP contribution in [-0.4, -0.2) is 4.40 Å². The van der Waals surface area contributed by atoms with Crippen molar-refractivity contribution in [2.75, 3.05) is 0 Å². The lowest BCUT2D eigenvalue weighted by atomic mass is 10.0. The van der Waals surface area contributed by atoms with Gasteiger partial charge in [0.25, 0.3) is 0 Å². The number of aryl methyl sites for hydroxylation is 2. The number of rotatable bonds is 3. The summed E-state index contributed by atoms with van der Waals surface area (Å²) in [5.41, 5.74) is 6.92. The molecule has 2 aromatic heterocycles. The molecule has 1 heteroatoms. The number of fused-ring (bicyclic) bond motifs is 6. The molecule has 1 nitrogen and oxygen atoms in total. The number of para-hydroxylation sites is 1. The number of nitrogens with zero attached hydrogens (tertiary/aromatic N) is 1. The van der Waals surface area contributed by atoms with Crippen LogP contribution in [0, 0.1) is 0 Å². The molecule has 0 aliphatic carbocycles. The first kappa shape index (κ1) is 13.9. The van der Waals surface area contributed by atoms with Crippen molar-refractivity contribution in [1.29, 1.82) is 0 Å². The van der Waals surface area contributed by atoms with Crippen LogP contribution in [0.3, 0.4) is 0 Å². The van der Waals surface area contributed by atoms with Crippen molar-refractivity contribution in [3.8, 4) is 0 Å². The molecule has 2 heterocycles. The van der Waals surface area contributed by atoms with Crippen LogP contribution in [-0.2, 0) is 12.8 Å². The summed E-state index contributed by atoms with van der Waals surface area (Å²) in [6, 6.07) is 20.6. The van der Waals surface area contributed by atoms with Crippen LogP contribution in [0.15, 0.2) is 54.6 Å². The highest BCUT2D eigenvalue weighted by Crippen LogP contribution is 2.40. The van der Waals surface area contributed by atoms with Crippen LogP contribution in [0.25, 0.3) is 38.1 Å². The van der Waals surface area contributed by atoms with Crippen LogP contribution >= 0.6 is 0 Å². The van der Waals surface area contributed by atoms with Gasteiger partial charge in [-0.05, 0) is 54.3 Å². The van der Waals surface area contributed by atoms with Crippen LogP contribution in [0.1, 0.15) is 31.4 Å². The summed E-state index contributed by atoms with van der Waals surface area (Å²) in [5, 5.41) is 5.59. The van der Waals surface area contributed by atoms with E-state index in [1.165, 1.54) is 55.6 Å². The second kappa shape index (κ2) is 4.98. The Morgan fingerprint density at radius 1 is 0.708 bits per heavy atom. The lowest BCUT2D eigenvalue weighted by molar-refractivity contribution is 0.925. The van der Waals surface area contributed by atoms with E-state index in [0.29, 0.717) is 0 Å². The van der Waals surface area contributed by atoms with Gasteiger partial charge in [0.2, 0.25) is 0 Å². The minimum absolute atomic E-state index is 1.08. The minimum Gasteiger partial charge on any atom is -0.308 e. The average Bonchev–Trinajstić information content (AvgIpc) is 3.12. The van der Waals surface area contributed by atoms with E-state index in [4.69, 9.17) is 0 Å². The Kier molecular flexibility index (Phi) is 2.87. The Balaban J connectivity index is 2.08. The van der Waals surface area contributed by atoms with Gasteiger partial charge in [0, 0.05) is 21.5 Å². The van der Waals surface area contributed by atoms with Crippen molar-refractivity contribution < 1.29 is 0 Å². The van der Waals surface area contributed by atoms with E-state index in [9.17, 15) is 0 Å². The summed E-state index contributed by atoms with van der Waals surface area (Å²) >= 11 is 0. The Bertz CT molecular complexity index is 1190. The van der Waals surface area contributed by atoms with Gasteiger partial charge < -0.3 is 4.40 Å². The van der Waals surface area contributed by atoms with E-state index in [0.717, 1.165) is 12.8 Å². The van der Waals surface area contributed by atoms with Crippen molar-refractivity contribution in [1.82, 2.24) is 4.40 Å². The molecule has 0 fully saturated rings. The maximum atomic E-state index is 2.46. The van der Waals surface area contributed by atoms with Crippen LogP contribution in [0.4, 0.5) is 0 Å². The molecule has 0 spiro atoms. The molecule has 0 unspecified atom stereocenters. The standard InChI is InChI=1S/C23H21N/c1-3-7-16-13-19-17-8-5-6-9-21(17)24-22-11-10-15(4-2)12-18(22)20(14-16)23(19)24/h5-6,8-14H,3-4,7H2,1-2H3. The van der Waals surface area contributed by atoms with Gasteiger partial charge in [-0.25, -0.2) is 0 Å². The first-order valence-corrected chi connectivity index (χ1v) is 9.01. The maximum absolute atomic E-state index is 2.46. The van der Waals surface area contributed by atoms with E-state index < -0.39 is 0 Å². The van der Waals surface area contributed by atoms with Gasteiger partial charge in [0.05, 0.1) is 16.6 Å². The maximum Gasteiger partial charge on any atom is 0.0620 e. The summed E-state index contributed by atoms with van der Waals surface area (Å²) in [5.74, 6) is 0. The highest BCUT2D eigenvalue weighted by atomic mass is 14.9. The Hall–Kier alpha value is -2.54. The largest absolute Gasteiger partial charge is 0.308 e. The predicted octanol–water partition coefficient (Wildman–Crippen LogP) is 6.35. The second-order valence-electron chi connectivity index (χ2n) is 6.85. The summed E-state index contributed by atoms with van der Waals surface area (Å²) in [4.78, 5) is 0. The SMILES string of the molecule is CCCc1cc2c3ccccc3n3c4ccc(CC)cc4c(c1)c23. The molecule has 0 aliphatic rings. The fraction of sp³-hybridized carbons (Fsp3) is 0.217. The third kappa shape index (κ3) is 1.70. The summed E-state index contributed by atoms with van der Waals surface area (Å²) < 4.78 is 2.46. The van der Waals surface area contributed by atoms with E-state index in [1.807, 2.05) is 0 Å². The Morgan fingerprint density at radius 2 is 1.42 bits per heavy atom. The quantitative estimate of drug-likeness (QED) is 0.365. The number of hydrogen-bond donors (Lipinski definition) is 0. The normalized spacial score (nSPS) is 12.2. The van der Waals surface area contributed by atoms with Crippen molar-refractivity contribution >= 4 is 38.1 Å². The predicted molar refractivity (Wildman–Crippen MR) is 104 cm³/mol. The van der Waals surface area contributed by atoms with E-state index >= 15 is 0 Å². The van der Waals surface area contributed by atoms with Gasteiger partial charge in [0.15, 0.2) is 0 Å². The molecule has 0 bridgehead atoms. The fourth-order valence-electron chi connectivity index (χ4n) is 4.26. The number of aromatic nitrogens is 1. The topological polar surface area (TPSA) is 4.41 Å². The summed E-state index contributed by atoms with van der Waals surface area (Å²) in [6.07, 6.45) is 3.41. The molecule has 3 aromatic carbocycles. The zero-order valence-corrected chi connectivity index (χ0v) is 14.3. The molecule has 0 N–H and O–H groups in total. The molecular formula is C23H21N. The van der Waals surface area contributed by atoms with E-state index in [1.54, 1.807) is 0 Å². The Labute approximate surface area is 141 Å². The first-order valence-electron chi connectivity index (χ1n) is 9.01. The van der Waals surface area contributed by atoms with Crippen molar-refractivity contribution in [3.05, 3.63) is 65.7 Å². The third-order valence-electron chi connectivity index (χ3n) is 5.37. The van der Waals surface area contributed by atoms with Crippen molar-refractivity contribution in [2.45, 2.75) is 33.1 Å². The minimum atomic E-state index is 1.08. The fourth-order valence-corrected chi connectivity index (χ4v) is 4.26. The van der Waals surface area contributed by atoms with Gasteiger partial charge in [-0.2, -0.15) is 0 Å². The van der Waals surface area contributed by atoms with E-state index in [2.05, 4.69) is 72.8 Å². The lowest BCUT2D eigenvalue weighted by Gasteiger charge is -2.02. The molecule has 0 saturated carbocycles. The van der Waals surface area contributed by atoms with Crippen LogP contribution in [0.2, 0.25) is 0 Å². The van der Waals surface area contributed by atoms with Crippen molar-refractivity contribution in [2.24, 2.45) is 0 Å². The summed E-state index contributed by atoms with van der Waals surface area (Å²) in [6.45, 7) is 4.49. The first-order chi connectivity index (χ1) is 11.8. The van der Waals surface area contributed by atoms with Crippen molar-refractivity contribution in [3.63, 3.8) is 0 Å². The smallest absolute Gasteiger partial charge is 0.0620 e. The van der Waals surface area contributed by atoms with E-state index in [-0.39, 0.29) is 0 Å². The zero-order chi connectivity index (χ0) is 16.3. The number of benzene rings is 3. The Morgan fingerprint density at radius 3 is 2.21 bits per heavy atom. The van der Waals surface area contributed by atoms with Crippen LogP contribution in [0.5, 0.6) is 0 Å².